The van der Waals surface area contributed by atoms with Gasteiger partial charge in [0, 0.05) is 31.7 Å². The number of aliphatic imine (C=N–C) groups is 1. The third kappa shape index (κ3) is 10.1. The Morgan fingerprint density at radius 1 is 1.17 bits per heavy atom. The zero-order chi connectivity index (χ0) is 17.2. The molecule has 0 amide bonds. The molecule has 0 saturated carbocycles. The Morgan fingerprint density at radius 3 is 2.46 bits per heavy atom. The second-order valence-electron chi connectivity index (χ2n) is 7.83. The maximum absolute atomic E-state index is 4.87. The summed E-state index contributed by atoms with van der Waals surface area (Å²) in [5.74, 6) is 2.46. The molecular formula is C19H41IN4. The zero-order valence-electron chi connectivity index (χ0n) is 16.8. The number of piperidine rings is 1. The molecule has 0 bridgehead atoms. The Bertz CT molecular complexity index is 344. The van der Waals surface area contributed by atoms with Crippen LogP contribution in [0.1, 0.15) is 67.2 Å². The highest BCUT2D eigenvalue weighted by molar-refractivity contribution is 14.0. The van der Waals surface area contributed by atoms with Crippen LogP contribution >= 0.6 is 24.0 Å². The van der Waals surface area contributed by atoms with Gasteiger partial charge in [-0.05, 0) is 71.8 Å². The van der Waals surface area contributed by atoms with E-state index >= 15 is 0 Å². The molecule has 2 unspecified atom stereocenters. The van der Waals surface area contributed by atoms with Gasteiger partial charge in [-0.2, -0.15) is 0 Å². The van der Waals surface area contributed by atoms with Gasteiger partial charge in [0.05, 0.1) is 0 Å². The minimum atomic E-state index is 0. The SMILES string of the molecule is CCNC(=NCC1CCCN(C(C)C)C1)NC(C)CCC(C)C.I. The lowest BCUT2D eigenvalue weighted by atomic mass is 9.97. The first kappa shape index (κ1) is 24.0. The molecule has 0 spiro atoms. The second-order valence-corrected chi connectivity index (χ2v) is 7.83. The molecule has 0 aromatic carbocycles. The number of nitrogens with zero attached hydrogens (tertiary/aromatic N) is 2. The van der Waals surface area contributed by atoms with Crippen molar-refractivity contribution in [3.8, 4) is 0 Å². The molecule has 0 aromatic heterocycles. The second kappa shape index (κ2) is 13.2. The van der Waals surface area contributed by atoms with Crippen LogP contribution in [0, 0.1) is 11.8 Å². The number of hydrogen-bond donors (Lipinski definition) is 2. The van der Waals surface area contributed by atoms with Crippen molar-refractivity contribution in [2.24, 2.45) is 16.8 Å². The normalized spacial score (nSPS) is 20.8. The van der Waals surface area contributed by atoms with E-state index in [0.29, 0.717) is 18.0 Å². The summed E-state index contributed by atoms with van der Waals surface area (Å²) >= 11 is 0. The molecule has 2 atom stereocenters. The zero-order valence-corrected chi connectivity index (χ0v) is 19.1. The van der Waals surface area contributed by atoms with Crippen LogP contribution in [0.25, 0.3) is 0 Å². The highest BCUT2D eigenvalue weighted by Crippen LogP contribution is 2.18. The third-order valence-electron chi connectivity index (χ3n) is 4.69. The molecule has 1 heterocycles. The summed E-state index contributed by atoms with van der Waals surface area (Å²) in [6, 6.07) is 1.14. The summed E-state index contributed by atoms with van der Waals surface area (Å²) in [6.45, 7) is 17.9. The highest BCUT2D eigenvalue weighted by Gasteiger charge is 2.21. The number of hydrogen-bond acceptors (Lipinski definition) is 2. The number of nitrogens with one attached hydrogen (secondary N) is 2. The van der Waals surface area contributed by atoms with Crippen molar-refractivity contribution in [3.63, 3.8) is 0 Å². The molecule has 1 aliphatic rings. The first-order valence-electron chi connectivity index (χ1n) is 9.71. The fourth-order valence-corrected chi connectivity index (χ4v) is 3.14. The number of rotatable bonds is 8. The topological polar surface area (TPSA) is 39.7 Å². The van der Waals surface area contributed by atoms with Crippen molar-refractivity contribution in [3.05, 3.63) is 0 Å². The van der Waals surface area contributed by atoms with Gasteiger partial charge < -0.3 is 15.5 Å². The van der Waals surface area contributed by atoms with Crippen molar-refractivity contribution in [1.82, 2.24) is 15.5 Å². The van der Waals surface area contributed by atoms with E-state index in [4.69, 9.17) is 4.99 Å². The maximum Gasteiger partial charge on any atom is 0.191 e. The predicted molar refractivity (Wildman–Crippen MR) is 117 cm³/mol. The molecule has 24 heavy (non-hydrogen) atoms. The van der Waals surface area contributed by atoms with Crippen LogP contribution in [-0.4, -0.2) is 49.1 Å². The van der Waals surface area contributed by atoms with Crippen molar-refractivity contribution < 1.29 is 0 Å². The van der Waals surface area contributed by atoms with E-state index in [0.717, 1.165) is 25.0 Å². The van der Waals surface area contributed by atoms with Crippen molar-refractivity contribution >= 4 is 29.9 Å². The van der Waals surface area contributed by atoms with E-state index < -0.39 is 0 Å². The minimum absolute atomic E-state index is 0. The lowest BCUT2D eigenvalue weighted by molar-refractivity contribution is 0.143. The van der Waals surface area contributed by atoms with Crippen LogP contribution in [0.2, 0.25) is 0 Å². The van der Waals surface area contributed by atoms with Gasteiger partial charge in [-0.25, -0.2) is 0 Å². The first-order valence-corrected chi connectivity index (χ1v) is 9.71. The fourth-order valence-electron chi connectivity index (χ4n) is 3.14. The molecular weight excluding hydrogens is 411 g/mol. The molecule has 2 N–H and O–H groups in total. The number of guanidine groups is 1. The molecule has 4 nitrogen and oxygen atoms in total. The van der Waals surface area contributed by atoms with E-state index in [9.17, 15) is 0 Å². The van der Waals surface area contributed by atoms with Gasteiger partial charge >= 0.3 is 0 Å². The molecule has 1 rings (SSSR count). The van der Waals surface area contributed by atoms with E-state index in [-0.39, 0.29) is 24.0 Å². The maximum atomic E-state index is 4.87. The molecule has 0 radical (unpaired) electrons. The monoisotopic (exact) mass is 452 g/mol. The van der Waals surface area contributed by atoms with E-state index in [2.05, 4.69) is 57.1 Å². The van der Waals surface area contributed by atoms with Crippen LogP contribution in [-0.2, 0) is 0 Å². The lowest BCUT2D eigenvalue weighted by Crippen LogP contribution is -2.44. The number of halogens is 1. The predicted octanol–water partition coefficient (Wildman–Crippen LogP) is 4.10. The Hall–Kier alpha value is -0.0400. The summed E-state index contributed by atoms with van der Waals surface area (Å²) in [5.41, 5.74) is 0. The first-order chi connectivity index (χ1) is 10.9. The van der Waals surface area contributed by atoms with Crippen LogP contribution < -0.4 is 10.6 Å². The molecule has 0 aromatic rings. The standard InChI is InChI=1S/C19H40N4.HI/c1-7-20-19(22-17(6)11-10-15(2)3)21-13-18-9-8-12-23(14-18)16(4)5;/h15-18H,7-14H2,1-6H3,(H2,20,21,22);1H. The quantitative estimate of drug-likeness (QED) is 0.331. The Morgan fingerprint density at radius 2 is 1.88 bits per heavy atom. The van der Waals surface area contributed by atoms with Crippen LogP contribution in [0.3, 0.4) is 0 Å². The molecule has 1 aliphatic heterocycles. The molecule has 1 saturated heterocycles. The van der Waals surface area contributed by atoms with Gasteiger partial charge in [0.1, 0.15) is 0 Å². The Balaban J connectivity index is 0.00000529. The highest BCUT2D eigenvalue weighted by atomic mass is 127. The van der Waals surface area contributed by atoms with Gasteiger partial charge in [-0.3, -0.25) is 4.99 Å². The fraction of sp³-hybridized carbons (Fsp3) is 0.947. The summed E-state index contributed by atoms with van der Waals surface area (Å²) in [4.78, 5) is 7.46. The largest absolute Gasteiger partial charge is 0.357 e. The Labute approximate surface area is 167 Å². The summed E-state index contributed by atoms with van der Waals surface area (Å²) in [5, 5.41) is 6.97. The van der Waals surface area contributed by atoms with Crippen molar-refractivity contribution in [2.45, 2.75) is 79.3 Å². The van der Waals surface area contributed by atoms with Crippen LogP contribution in [0.5, 0.6) is 0 Å². The average molecular weight is 452 g/mol. The van der Waals surface area contributed by atoms with Crippen LogP contribution in [0.15, 0.2) is 4.99 Å². The minimum Gasteiger partial charge on any atom is -0.357 e. The van der Waals surface area contributed by atoms with E-state index in [1.807, 2.05) is 0 Å². The van der Waals surface area contributed by atoms with Crippen molar-refractivity contribution in [1.29, 1.82) is 0 Å². The summed E-state index contributed by atoms with van der Waals surface area (Å²) in [6.07, 6.45) is 5.09. The van der Waals surface area contributed by atoms with Gasteiger partial charge in [-0.1, -0.05) is 13.8 Å². The van der Waals surface area contributed by atoms with E-state index in [1.165, 1.54) is 38.8 Å². The smallest absolute Gasteiger partial charge is 0.191 e. The van der Waals surface area contributed by atoms with Gasteiger partial charge in [0.15, 0.2) is 5.96 Å². The summed E-state index contributed by atoms with van der Waals surface area (Å²) < 4.78 is 0. The van der Waals surface area contributed by atoms with Gasteiger partial charge in [0.2, 0.25) is 0 Å². The molecule has 144 valence electrons. The average Bonchev–Trinajstić information content (AvgIpc) is 2.51. The molecule has 5 heteroatoms. The third-order valence-corrected chi connectivity index (χ3v) is 4.69. The summed E-state index contributed by atoms with van der Waals surface area (Å²) in [7, 11) is 0. The van der Waals surface area contributed by atoms with Crippen molar-refractivity contribution in [2.75, 3.05) is 26.2 Å². The molecule has 1 fully saturated rings. The lowest BCUT2D eigenvalue weighted by Gasteiger charge is -2.35. The van der Waals surface area contributed by atoms with Gasteiger partial charge in [-0.15, -0.1) is 24.0 Å². The Kier molecular flexibility index (Phi) is 13.2. The van der Waals surface area contributed by atoms with Crippen LogP contribution in [0.4, 0.5) is 0 Å². The van der Waals surface area contributed by atoms with Gasteiger partial charge in [0.25, 0.3) is 0 Å². The molecule has 0 aliphatic carbocycles. The van der Waals surface area contributed by atoms with E-state index in [1.54, 1.807) is 0 Å². The number of likely N-dealkylation sites (tertiary alicyclic amines) is 1.